The zero-order valence-corrected chi connectivity index (χ0v) is 21.4. The molecule has 8 heteroatoms. The number of carbonyl (C=O) groups is 1. The number of para-hydroxylation sites is 1. The maximum Gasteiger partial charge on any atom is 0.235 e. The third-order valence-corrected chi connectivity index (χ3v) is 7.71. The fourth-order valence-corrected chi connectivity index (χ4v) is 5.65. The lowest BCUT2D eigenvalue weighted by molar-refractivity contribution is -0.119. The predicted octanol–water partition coefficient (Wildman–Crippen LogP) is 5.65. The second kappa shape index (κ2) is 9.50. The minimum atomic E-state index is -0.381. The van der Waals surface area contributed by atoms with Gasteiger partial charge in [-0.2, -0.15) is 10.2 Å². The second-order valence-corrected chi connectivity index (χ2v) is 10.4. The Bertz CT molecular complexity index is 1380. The first kappa shape index (κ1) is 23.5. The predicted molar refractivity (Wildman–Crippen MR) is 142 cm³/mol. The van der Waals surface area contributed by atoms with E-state index in [0.717, 1.165) is 33.8 Å². The topological polar surface area (TPSA) is 109 Å². The molecule has 6 rings (SSSR count). The van der Waals surface area contributed by atoms with E-state index in [4.69, 9.17) is 9.72 Å². The van der Waals surface area contributed by atoms with Gasteiger partial charge in [-0.1, -0.05) is 24.3 Å². The zero-order chi connectivity index (χ0) is 25.5. The summed E-state index contributed by atoms with van der Waals surface area (Å²) >= 11 is 0. The highest BCUT2D eigenvalue weighted by Crippen LogP contribution is 2.54. The second-order valence-electron chi connectivity index (χ2n) is 10.4. The number of ether oxygens (including phenoxy) is 1. The van der Waals surface area contributed by atoms with E-state index in [9.17, 15) is 4.79 Å². The summed E-state index contributed by atoms with van der Waals surface area (Å²) in [6.45, 7) is 4.01. The molecule has 3 N–H and O–H groups in total. The number of aryl methyl sites for hydroxylation is 2. The van der Waals surface area contributed by atoms with Crippen molar-refractivity contribution in [2.24, 2.45) is 17.8 Å². The zero-order valence-electron chi connectivity index (χ0n) is 21.4. The number of hydrogen-bond donors (Lipinski definition) is 3. The molecule has 0 saturated heterocycles. The van der Waals surface area contributed by atoms with Crippen LogP contribution in [-0.2, 0) is 4.79 Å². The Morgan fingerprint density at radius 2 is 1.68 bits per heavy atom. The molecular formula is C29H32N6O2. The Balaban J connectivity index is 1.29. The van der Waals surface area contributed by atoms with Gasteiger partial charge in [0.2, 0.25) is 5.91 Å². The lowest BCUT2D eigenvalue weighted by Crippen LogP contribution is -2.31. The summed E-state index contributed by atoms with van der Waals surface area (Å²) in [5, 5.41) is 18.1. The monoisotopic (exact) mass is 496 g/mol. The molecular weight excluding hydrogens is 464 g/mol. The normalized spacial score (nSPS) is 16.1. The van der Waals surface area contributed by atoms with Crippen LogP contribution in [0.4, 0.5) is 5.69 Å². The highest BCUT2D eigenvalue weighted by molar-refractivity contribution is 5.96. The van der Waals surface area contributed by atoms with Gasteiger partial charge < -0.3 is 10.1 Å². The summed E-state index contributed by atoms with van der Waals surface area (Å²) in [6, 6.07) is 15.7. The molecule has 4 aromatic rings. The molecule has 0 aliphatic heterocycles. The van der Waals surface area contributed by atoms with Crippen LogP contribution >= 0.6 is 0 Å². The lowest BCUT2D eigenvalue weighted by atomic mass is 9.82. The molecule has 37 heavy (non-hydrogen) atoms. The number of benzene rings is 2. The lowest BCUT2D eigenvalue weighted by Gasteiger charge is -2.25. The summed E-state index contributed by atoms with van der Waals surface area (Å²) in [7, 11) is 1.64. The molecule has 2 fully saturated rings. The molecule has 2 aliphatic carbocycles. The minimum Gasteiger partial charge on any atom is -0.496 e. The largest absolute Gasteiger partial charge is 0.496 e. The van der Waals surface area contributed by atoms with E-state index < -0.39 is 0 Å². The smallest absolute Gasteiger partial charge is 0.235 e. The molecule has 1 amide bonds. The van der Waals surface area contributed by atoms with Crippen molar-refractivity contribution in [2.45, 2.75) is 45.4 Å². The molecule has 2 aromatic carbocycles. The Morgan fingerprint density at radius 3 is 2.30 bits per heavy atom. The average molecular weight is 497 g/mol. The summed E-state index contributed by atoms with van der Waals surface area (Å²) in [6.07, 6.45) is 4.71. The third-order valence-electron chi connectivity index (χ3n) is 7.71. The van der Waals surface area contributed by atoms with Crippen LogP contribution in [0.15, 0.2) is 48.5 Å². The van der Waals surface area contributed by atoms with E-state index in [1.807, 2.05) is 62.4 Å². The van der Waals surface area contributed by atoms with Crippen LogP contribution in [0.5, 0.6) is 5.75 Å². The third kappa shape index (κ3) is 4.63. The Morgan fingerprint density at radius 1 is 0.973 bits per heavy atom. The SMILES string of the molecule is COc1ccccc1-c1n[nH]c(C(C(=O)Nc2ccc(-c3c(C)n[nH]c3C)cc2)C(C2CC2)C2CC2)n1. The Hall–Kier alpha value is -3.94. The molecule has 2 heterocycles. The summed E-state index contributed by atoms with van der Waals surface area (Å²) in [5.41, 5.74) is 5.74. The first-order valence-electron chi connectivity index (χ1n) is 13.0. The van der Waals surface area contributed by atoms with Crippen molar-refractivity contribution in [3.8, 4) is 28.3 Å². The van der Waals surface area contributed by atoms with Gasteiger partial charge in [-0.3, -0.25) is 15.0 Å². The van der Waals surface area contributed by atoms with E-state index in [-0.39, 0.29) is 17.7 Å². The molecule has 2 aromatic heterocycles. The van der Waals surface area contributed by atoms with E-state index in [1.165, 1.54) is 25.7 Å². The fraction of sp³-hybridized carbons (Fsp3) is 0.379. The number of aromatic amines is 2. The first-order valence-corrected chi connectivity index (χ1v) is 13.0. The molecule has 0 radical (unpaired) electrons. The number of nitrogens with one attached hydrogen (secondary N) is 3. The van der Waals surface area contributed by atoms with Gasteiger partial charge in [0.05, 0.1) is 18.4 Å². The standard InChI is InChI=1S/C29H32N6O2/c1-16-24(17(2)33-32-16)18-12-14-21(15-13-18)30-29(36)26(25(19-8-9-19)20-10-11-20)28-31-27(34-35-28)22-6-4-5-7-23(22)37-3/h4-7,12-15,19-20,25-26H,8-11H2,1-3H3,(H,30,36)(H,32,33)(H,31,34,35). The first-order chi connectivity index (χ1) is 18.0. The van der Waals surface area contributed by atoms with Crippen LogP contribution in [-0.4, -0.2) is 38.4 Å². The molecule has 2 saturated carbocycles. The van der Waals surface area contributed by atoms with Gasteiger partial charge in [0.15, 0.2) is 5.82 Å². The van der Waals surface area contributed by atoms with Crippen LogP contribution in [0.2, 0.25) is 0 Å². The van der Waals surface area contributed by atoms with Gasteiger partial charge in [-0.05, 0) is 87.1 Å². The van der Waals surface area contributed by atoms with Crippen LogP contribution in [0, 0.1) is 31.6 Å². The molecule has 1 atom stereocenters. The molecule has 190 valence electrons. The van der Waals surface area contributed by atoms with E-state index in [0.29, 0.717) is 29.2 Å². The highest BCUT2D eigenvalue weighted by Gasteiger charge is 2.49. The van der Waals surface area contributed by atoms with Crippen molar-refractivity contribution < 1.29 is 9.53 Å². The maximum atomic E-state index is 13.9. The number of rotatable bonds is 9. The van der Waals surface area contributed by atoms with Gasteiger partial charge in [-0.15, -0.1) is 0 Å². The number of nitrogens with zero attached hydrogens (tertiary/aromatic N) is 3. The number of anilines is 1. The van der Waals surface area contributed by atoms with Gasteiger partial charge in [-0.25, -0.2) is 4.98 Å². The van der Waals surface area contributed by atoms with Crippen molar-refractivity contribution in [2.75, 3.05) is 12.4 Å². The summed E-state index contributed by atoms with van der Waals surface area (Å²) < 4.78 is 5.51. The minimum absolute atomic E-state index is 0.0325. The van der Waals surface area contributed by atoms with Gasteiger partial charge in [0.1, 0.15) is 17.5 Å². The van der Waals surface area contributed by atoms with Crippen LogP contribution < -0.4 is 10.1 Å². The van der Waals surface area contributed by atoms with Gasteiger partial charge >= 0.3 is 0 Å². The number of carbonyl (C=O) groups excluding carboxylic acids is 1. The molecule has 8 nitrogen and oxygen atoms in total. The van der Waals surface area contributed by atoms with Crippen LogP contribution in [0.3, 0.4) is 0 Å². The number of H-pyrrole nitrogens is 2. The Kier molecular flexibility index (Phi) is 6.02. The van der Waals surface area contributed by atoms with E-state index in [1.54, 1.807) is 7.11 Å². The molecule has 1 unspecified atom stereocenters. The van der Waals surface area contributed by atoms with Crippen molar-refractivity contribution in [1.29, 1.82) is 0 Å². The van der Waals surface area contributed by atoms with Crippen molar-refractivity contribution >= 4 is 11.6 Å². The van der Waals surface area contributed by atoms with E-state index in [2.05, 4.69) is 25.7 Å². The quantitative estimate of drug-likeness (QED) is 0.278. The molecule has 2 aliphatic rings. The van der Waals surface area contributed by atoms with Crippen molar-refractivity contribution in [3.63, 3.8) is 0 Å². The number of aromatic nitrogens is 5. The number of methoxy groups -OCH3 is 1. The Labute approximate surface area is 216 Å². The average Bonchev–Trinajstić information content (AvgIpc) is 3.85. The van der Waals surface area contributed by atoms with Crippen LogP contribution in [0.1, 0.15) is 48.8 Å². The fourth-order valence-electron chi connectivity index (χ4n) is 5.65. The number of hydrogen-bond acceptors (Lipinski definition) is 5. The summed E-state index contributed by atoms with van der Waals surface area (Å²) in [5.74, 6) is 2.88. The van der Waals surface area contributed by atoms with Gasteiger partial charge in [0.25, 0.3) is 0 Å². The van der Waals surface area contributed by atoms with Crippen molar-refractivity contribution in [1.82, 2.24) is 25.4 Å². The van der Waals surface area contributed by atoms with Crippen molar-refractivity contribution in [3.05, 3.63) is 65.7 Å². The van der Waals surface area contributed by atoms with Gasteiger partial charge in [0, 0.05) is 16.9 Å². The molecule has 0 spiro atoms. The summed E-state index contributed by atoms with van der Waals surface area (Å²) in [4.78, 5) is 18.7. The maximum absolute atomic E-state index is 13.9. The molecule has 0 bridgehead atoms. The van der Waals surface area contributed by atoms with Crippen LogP contribution in [0.25, 0.3) is 22.5 Å². The number of amides is 1. The highest BCUT2D eigenvalue weighted by atomic mass is 16.5. The van der Waals surface area contributed by atoms with E-state index >= 15 is 0 Å².